The number of carbonyl (C=O) groups excluding carboxylic acids is 3. The zero-order chi connectivity index (χ0) is 41.2. The molecule has 0 aromatic heterocycles. The fourth-order valence-electron chi connectivity index (χ4n) is 14.7. The first-order chi connectivity index (χ1) is 26.9. The highest BCUT2D eigenvalue weighted by Gasteiger charge is 2.66. The number of hydrogen-bond acceptors (Lipinski definition) is 6. The van der Waals surface area contributed by atoms with Crippen molar-refractivity contribution in [2.75, 3.05) is 26.9 Å². The first kappa shape index (κ1) is 42.4. The Morgan fingerprint density at radius 1 is 0.947 bits per heavy atom. The van der Waals surface area contributed by atoms with Crippen LogP contribution in [0.1, 0.15) is 136 Å². The van der Waals surface area contributed by atoms with Gasteiger partial charge in [-0.3, -0.25) is 19.2 Å². The number of ether oxygens (including phenoxy) is 2. The molecule has 1 amide bonds. The van der Waals surface area contributed by atoms with E-state index in [2.05, 4.69) is 46.9 Å². The zero-order valence-electron chi connectivity index (χ0n) is 35.8. The van der Waals surface area contributed by atoms with Crippen molar-refractivity contribution in [3.8, 4) is 5.75 Å². The van der Waals surface area contributed by atoms with Crippen LogP contribution in [0.3, 0.4) is 0 Å². The summed E-state index contributed by atoms with van der Waals surface area (Å²) in [6.45, 7) is 17.6. The minimum Gasteiger partial charge on any atom is -0.490 e. The van der Waals surface area contributed by atoms with E-state index in [-0.39, 0.29) is 57.0 Å². The van der Waals surface area contributed by atoms with Gasteiger partial charge in [0.15, 0.2) is 5.78 Å². The van der Waals surface area contributed by atoms with Gasteiger partial charge in [0.25, 0.3) is 5.91 Å². The van der Waals surface area contributed by atoms with Crippen molar-refractivity contribution in [1.29, 1.82) is 0 Å². The zero-order valence-corrected chi connectivity index (χ0v) is 36.6. The molecule has 314 valence electrons. The maximum absolute atomic E-state index is 14.1. The van der Waals surface area contributed by atoms with E-state index in [0.717, 1.165) is 44.1 Å². The number of amides is 1. The lowest BCUT2D eigenvalue weighted by Crippen LogP contribution is -2.62. The third kappa shape index (κ3) is 7.12. The Kier molecular flexibility index (Phi) is 11.7. The molecule has 0 radical (unpaired) electrons. The highest BCUT2D eigenvalue weighted by atomic mass is 35.5. The smallest absolute Gasteiger partial charge is 0.306 e. The lowest BCUT2D eigenvalue weighted by Gasteiger charge is -2.69. The van der Waals surface area contributed by atoms with Crippen LogP contribution in [0.2, 0.25) is 5.02 Å². The van der Waals surface area contributed by atoms with Crippen LogP contribution in [-0.4, -0.2) is 55.4 Å². The molecule has 5 saturated carbocycles. The van der Waals surface area contributed by atoms with Crippen LogP contribution in [0.15, 0.2) is 29.3 Å². The molecule has 2 N–H and O–H groups in total. The van der Waals surface area contributed by atoms with Crippen molar-refractivity contribution < 1.29 is 33.8 Å². The number of benzene rings is 1. The van der Waals surface area contributed by atoms with E-state index in [1.165, 1.54) is 24.8 Å². The number of carboxylic acids is 1. The number of Topliss-reactive ketones (excluding diaryl/α,β-unsaturated/α-hetero) is 2. The summed E-state index contributed by atoms with van der Waals surface area (Å²) in [6, 6.07) is 5.09. The second kappa shape index (κ2) is 15.7. The van der Waals surface area contributed by atoms with Crippen molar-refractivity contribution in [1.82, 2.24) is 5.32 Å². The van der Waals surface area contributed by atoms with Gasteiger partial charge in [0, 0.05) is 42.9 Å². The average Bonchev–Trinajstić information content (AvgIpc) is 3.44. The highest BCUT2D eigenvalue weighted by molar-refractivity contribution is 6.30. The van der Waals surface area contributed by atoms with Crippen molar-refractivity contribution in [3.05, 3.63) is 39.9 Å². The third-order valence-corrected chi connectivity index (χ3v) is 17.8. The van der Waals surface area contributed by atoms with Crippen LogP contribution in [0.5, 0.6) is 5.75 Å². The van der Waals surface area contributed by atoms with Gasteiger partial charge >= 0.3 is 5.97 Å². The molecular weight excluding hydrogens is 738 g/mol. The van der Waals surface area contributed by atoms with Crippen molar-refractivity contribution in [3.63, 3.8) is 0 Å². The molecule has 8 nitrogen and oxygen atoms in total. The van der Waals surface area contributed by atoms with E-state index < -0.39 is 5.97 Å². The number of nitrogens with one attached hydrogen (secondary N) is 1. The van der Waals surface area contributed by atoms with Gasteiger partial charge < -0.3 is 19.9 Å². The molecule has 0 spiro atoms. The molecule has 1 aromatic rings. The lowest BCUT2D eigenvalue weighted by atomic mass is 9.35. The van der Waals surface area contributed by atoms with E-state index in [1.807, 2.05) is 6.92 Å². The van der Waals surface area contributed by atoms with E-state index >= 15 is 0 Å². The Labute approximate surface area is 346 Å². The minimum atomic E-state index is -0.766. The number of allylic oxidation sites excluding steroid dienone is 2. The summed E-state index contributed by atoms with van der Waals surface area (Å²) in [5, 5.41) is 13.2. The molecule has 6 aliphatic rings. The molecule has 11 atom stereocenters. The number of aliphatic carboxylic acids is 1. The van der Waals surface area contributed by atoms with Crippen molar-refractivity contribution in [2.45, 2.75) is 126 Å². The molecule has 6 aliphatic carbocycles. The fraction of sp³-hybridized carbons (Fsp3) is 0.750. The average molecular weight is 807 g/mol. The molecule has 0 saturated heterocycles. The van der Waals surface area contributed by atoms with E-state index in [4.69, 9.17) is 21.1 Å². The number of methoxy groups -OCH3 is 1. The standard InChI is InChI=1S/C48H68ClNO7/c1-27(2)41-37(52)26-48(19-20-50-43(53)32-10-9-30(49)24-38(32)57-22-21-56-8)18-14-35-31(42(41)48)11-12-40-46(35,6)17-15-39-45(4,5)29(13-16-47(39,40)7)23-36(51)33-25-34(28(33)3)44(54)55/h9-10,24,27-29,31,33-35,39-40H,11-23,25-26H2,1-8H3,(H,50,53)(H,54,55). The molecule has 7 rings (SSSR count). The predicted molar refractivity (Wildman–Crippen MR) is 222 cm³/mol. The van der Waals surface area contributed by atoms with Gasteiger partial charge in [-0.05, 0) is 146 Å². The second-order valence-electron chi connectivity index (χ2n) is 20.7. The monoisotopic (exact) mass is 805 g/mol. The van der Waals surface area contributed by atoms with Crippen LogP contribution >= 0.6 is 11.6 Å². The number of rotatable bonds is 13. The summed E-state index contributed by atoms with van der Waals surface area (Å²) in [4.78, 5) is 52.9. The van der Waals surface area contributed by atoms with Crippen LogP contribution in [0.4, 0.5) is 0 Å². The number of ketones is 2. The number of halogens is 1. The normalized spacial score (nSPS) is 38.0. The quantitative estimate of drug-likeness (QED) is 0.191. The Bertz CT molecular complexity index is 1800. The Morgan fingerprint density at radius 2 is 1.68 bits per heavy atom. The van der Waals surface area contributed by atoms with Crippen molar-refractivity contribution >= 4 is 35.0 Å². The molecule has 57 heavy (non-hydrogen) atoms. The molecule has 0 heterocycles. The first-order valence-corrected chi connectivity index (χ1v) is 22.5. The predicted octanol–water partition coefficient (Wildman–Crippen LogP) is 10.0. The van der Waals surface area contributed by atoms with Gasteiger partial charge in [0.1, 0.15) is 18.1 Å². The van der Waals surface area contributed by atoms with Gasteiger partial charge in [-0.1, -0.05) is 65.6 Å². The van der Waals surface area contributed by atoms with E-state index in [1.54, 1.807) is 25.3 Å². The summed E-state index contributed by atoms with van der Waals surface area (Å²) < 4.78 is 11.0. The summed E-state index contributed by atoms with van der Waals surface area (Å²) >= 11 is 6.26. The number of hydrogen-bond donors (Lipinski definition) is 2. The Hall–Kier alpha value is -2.71. The maximum atomic E-state index is 14.1. The molecule has 1 aromatic carbocycles. The summed E-state index contributed by atoms with van der Waals surface area (Å²) in [5.41, 5.74) is 3.13. The molecule has 0 aliphatic heterocycles. The van der Waals surface area contributed by atoms with Crippen LogP contribution in [-0.2, 0) is 19.1 Å². The fourth-order valence-corrected chi connectivity index (χ4v) is 14.8. The van der Waals surface area contributed by atoms with Crippen LogP contribution < -0.4 is 10.1 Å². The first-order valence-electron chi connectivity index (χ1n) is 22.1. The molecular formula is C48H68ClNO7. The van der Waals surface area contributed by atoms with Crippen LogP contribution in [0.25, 0.3) is 0 Å². The van der Waals surface area contributed by atoms with Gasteiger partial charge in [-0.2, -0.15) is 0 Å². The number of carboxylic acid groups (broad SMARTS) is 1. The van der Waals surface area contributed by atoms with Gasteiger partial charge in [-0.15, -0.1) is 0 Å². The minimum absolute atomic E-state index is 0.0280. The summed E-state index contributed by atoms with van der Waals surface area (Å²) in [6.07, 6.45) is 11.3. The third-order valence-electron chi connectivity index (χ3n) is 17.6. The van der Waals surface area contributed by atoms with E-state index in [9.17, 15) is 24.3 Å². The van der Waals surface area contributed by atoms with Gasteiger partial charge in [0.2, 0.25) is 0 Å². The second-order valence-corrected chi connectivity index (χ2v) is 21.1. The van der Waals surface area contributed by atoms with Crippen LogP contribution in [0, 0.1) is 74.9 Å². The topological polar surface area (TPSA) is 119 Å². The number of carbonyl (C=O) groups is 4. The Balaban J connectivity index is 1.07. The summed E-state index contributed by atoms with van der Waals surface area (Å²) in [7, 11) is 1.61. The molecule has 9 heteroatoms. The molecule has 11 unspecified atom stereocenters. The van der Waals surface area contributed by atoms with Gasteiger partial charge in [0.05, 0.1) is 18.1 Å². The van der Waals surface area contributed by atoms with Gasteiger partial charge in [-0.25, -0.2) is 0 Å². The lowest BCUT2D eigenvalue weighted by molar-refractivity contribution is -0.193. The molecule has 0 bridgehead atoms. The number of fused-ring (bicyclic) bond motifs is 7. The largest absolute Gasteiger partial charge is 0.490 e. The van der Waals surface area contributed by atoms with Crippen molar-refractivity contribution in [2.24, 2.45) is 74.9 Å². The SMILES string of the molecule is COCCOc1cc(Cl)ccc1C(=O)NCCC12CCC3C(CCC4C3(C)CCC3C(C)(C)C(CC(=O)C5CC(C(=O)O)C5C)CCC34C)C1=C(C(C)C)C(=O)C2. The highest BCUT2D eigenvalue weighted by Crippen LogP contribution is 2.74. The summed E-state index contributed by atoms with van der Waals surface area (Å²) in [5.74, 6) is 2.05. The molecule has 5 fully saturated rings. The maximum Gasteiger partial charge on any atom is 0.306 e. The Morgan fingerprint density at radius 3 is 2.37 bits per heavy atom. The van der Waals surface area contributed by atoms with E-state index in [0.29, 0.717) is 90.7 Å².